The van der Waals surface area contributed by atoms with E-state index in [4.69, 9.17) is 16.0 Å². The number of nitrogens with one attached hydrogen (secondary N) is 2. The third-order valence-corrected chi connectivity index (χ3v) is 2.96. The van der Waals surface area contributed by atoms with E-state index in [1.807, 2.05) is 0 Å². The number of benzene rings is 1. The highest BCUT2D eigenvalue weighted by molar-refractivity contribution is 6.33. The van der Waals surface area contributed by atoms with Gasteiger partial charge in [-0.15, -0.1) is 0 Å². The predicted molar refractivity (Wildman–Crippen MR) is 77.2 cm³/mol. The first-order valence-electron chi connectivity index (χ1n) is 6.03. The van der Waals surface area contributed by atoms with Gasteiger partial charge in [-0.25, -0.2) is 0 Å². The normalized spacial score (nSPS) is 10.1. The molecule has 0 unspecified atom stereocenters. The molecule has 1 aromatic heterocycles. The highest BCUT2D eigenvalue weighted by atomic mass is 35.5. The molecule has 0 aliphatic carbocycles. The molecule has 2 rings (SSSR count). The first-order valence-corrected chi connectivity index (χ1v) is 6.41. The van der Waals surface area contributed by atoms with Gasteiger partial charge in [0.15, 0.2) is 0 Å². The van der Waals surface area contributed by atoms with Gasteiger partial charge in [0.1, 0.15) is 5.76 Å². The van der Waals surface area contributed by atoms with Crippen molar-refractivity contribution in [1.82, 2.24) is 5.32 Å². The van der Waals surface area contributed by atoms with Crippen LogP contribution in [0.4, 0.5) is 11.4 Å². The number of nitro benzene ring substituents is 1. The maximum Gasteiger partial charge on any atom is 0.271 e. The van der Waals surface area contributed by atoms with Crippen molar-refractivity contribution in [3.63, 3.8) is 0 Å². The van der Waals surface area contributed by atoms with Crippen LogP contribution >= 0.6 is 11.6 Å². The molecular weight excluding hydrogens is 298 g/mol. The van der Waals surface area contributed by atoms with Crippen LogP contribution in [0.15, 0.2) is 41.0 Å². The molecule has 0 aliphatic heterocycles. The van der Waals surface area contributed by atoms with E-state index in [9.17, 15) is 14.9 Å². The maximum absolute atomic E-state index is 11.6. The summed E-state index contributed by atoms with van der Waals surface area (Å²) >= 11 is 5.90. The Balaban J connectivity index is 1.85. The molecule has 1 aromatic carbocycles. The van der Waals surface area contributed by atoms with Crippen molar-refractivity contribution in [3.05, 3.63) is 57.5 Å². The molecule has 0 saturated heterocycles. The van der Waals surface area contributed by atoms with E-state index in [0.717, 1.165) is 0 Å². The molecule has 7 nitrogen and oxygen atoms in total. The molecule has 0 bridgehead atoms. The molecular formula is C13H12ClN3O4. The second kappa shape index (κ2) is 6.76. The van der Waals surface area contributed by atoms with E-state index in [-0.39, 0.29) is 23.2 Å². The van der Waals surface area contributed by atoms with Crippen LogP contribution in [-0.2, 0) is 11.3 Å². The van der Waals surface area contributed by atoms with Crippen LogP contribution in [-0.4, -0.2) is 17.4 Å². The molecule has 0 aliphatic rings. The first-order chi connectivity index (χ1) is 10.1. The molecule has 21 heavy (non-hydrogen) atoms. The molecule has 1 amide bonds. The Kier molecular flexibility index (Phi) is 4.78. The van der Waals surface area contributed by atoms with E-state index in [1.54, 1.807) is 12.1 Å². The second-order valence-corrected chi connectivity index (χ2v) is 4.54. The van der Waals surface area contributed by atoms with Gasteiger partial charge >= 0.3 is 0 Å². The van der Waals surface area contributed by atoms with Crippen molar-refractivity contribution in [2.24, 2.45) is 0 Å². The molecule has 2 aromatic rings. The van der Waals surface area contributed by atoms with Crippen LogP contribution in [0.2, 0.25) is 5.02 Å². The number of hydrogen-bond donors (Lipinski definition) is 2. The van der Waals surface area contributed by atoms with Crippen molar-refractivity contribution in [1.29, 1.82) is 0 Å². The van der Waals surface area contributed by atoms with Gasteiger partial charge in [-0.3, -0.25) is 14.9 Å². The number of anilines is 1. The molecule has 0 spiro atoms. The Morgan fingerprint density at radius 2 is 2.19 bits per heavy atom. The largest absolute Gasteiger partial charge is 0.467 e. The second-order valence-electron chi connectivity index (χ2n) is 4.13. The molecule has 0 atom stereocenters. The van der Waals surface area contributed by atoms with Crippen molar-refractivity contribution in [3.8, 4) is 0 Å². The van der Waals surface area contributed by atoms with E-state index in [2.05, 4.69) is 10.6 Å². The minimum absolute atomic E-state index is 0.00175. The molecule has 1 heterocycles. The number of carbonyl (C=O) groups excluding carboxylic acids is 1. The molecule has 0 radical (unpaired) electrons. The van der Waals surface area contributed by atoms with E-state index >= 15 is 0 Å². The lowest BCUT2D eigenvalue weighted by molar-refractivity contribution is -0.384. The number of non-ortho nitro benzene ring substituents is 1. The highest BCUT2D eigenvalue weighted by Crippen LogP contribution is 2.26. The van der Waals surface area contributed by atoms with Gasteiger partial charge in [0.2, 0.25) is 5.91 Å². The van der Waals surface area contributed by atoms with Crippen LogP contribution in [0.1, 0.15) is 5.76 Å². The van der Waals surface area contributed by atoms with Crippen molar-refractivity contribution < 1.29 is 14.1 Å². The SMILES string of the molecule is O=C(CNc1ccc([N+](=O)[O-])cc1Cl)NCc1ccco1. The van der Waals surface area contributed by atoms with Crippen LogP contribution in [0.5, 0.6) is 0 Å². The maximum atomic E-state index is 11.6. The van der Waals surface area contributed by atoms with Gasteiger partial charge in [0.05, 0.1) is 35.0 Å². The van der Waals surface area contributed by atoms with E-state index in [0.29, 0.717) is 18.0 Å². The van der Waals surface area contributed by atoms with Crippen LogP contribution in [0.3, 0.4) is 0 Å². The fourth-order valence-electron chi connectivity index (χ4n) is 1.60. The zero-order chi connectivity index (χ0) is 15.2. The Morgan fingerprint density at radius 3 is 2.81 bits per heavy atom. The zero-order valence-electron chi connectivity index (χ0n) is 10.8. The minimum atomic E-state index is -0.536. The first kappa shape index (κ1) is 14.9. The number of nitrogens with zero attached hydrogens (tertiary/aromatic N) is 1. The van der Waals surface area contributed by atoms with Gasteiger partial charge in [0.25, 0.3) is 5.69 Å². The van der Waals surface area contributed by atoms with Crippen molar-refractivity contribution in [2.75, 3.05) is 11.9 Å². The van der Waals surface area contributed by atoms with Crippen molar-refractivity contribution in [2.45, 2.75) is 6.54 Å². The highest BCUT2D eigenvalue weighted by Gasteiger charge is 2.10. The van der Waals surface area contributed by atoms with Gasteiger partial charge in [-0.2, -0.15) is 0 Å². The molecule has 110 valence electrons. The summed E-state index contributed by atoms with van der Waals surface area (Å²) in [6.07, 6.45) is 1.52. The summed E-state index contributed by atoms with van der Waals surface area (Å²) < 4.78 is 5.08. The summed E-state index contributed by atoms with van der Waals surface area (Å²) in [5.41, 5.74) is 0.350. The van der Waals surface area contributed by atoms with Gasteiger partial charge < -0.3 is 15.1 Å². The van der Waals surface area contributed by atoms with E-state index < -0.39 is 4.92 Å². The molecule has 0 fully saturated rings. The smallest absolute Gasteiger partial charge is 0.271 e. The van der Waals surface area contributed by atoms with Crippen molar-refractivity contribution >= 4 is 28.9 Å². The van der Waals surface area contributed by atoms with Gasteiger partial charge in [-0.05, 0) is 18.2 Å². The lowest BCUT2D eigenvalue weighted by Gasteiger charge is -2.08. The summed E-state index contributed by atoms with van der Waals surface area (Å²) in [6, 6.07) is 7.48. The number of rotatable bonds is 6. The molecule has 8 heteroatoms. The number of nitro groups is 1. The Morgan fingerprint density at radius 1 is 1.38 bits per heavy atom. The molecule has 0 saturated carbocycles. The van der Waals surface area contributed by atoms with Gasteiger partial charge in [0, 0.05) is 12.1 Å². The number of furan rings is 1. The average molecular weight is 310 g/mol. The third kappa shape index (κ3) is 4.22. The van der Waals surface area contributed by atoms with Crippen LogP contribution in [0.25, 0.3) is 0 Å². The summed E-state index contributed by atoms with van der Waals surface area (Å²) in [7, 11) is 0. The van der Waals surface area contributed by atoms with Crippen LogP contribution in [0, 0.1) is 10.1 Å². The average Bonchev–Trinajstić information content (AvgIpc) is 2.97. The fourth-order valence-corrected chi connectivity index (χ4v) is 1.84. The Labute approximate surface area is 125 Å². The fraction of sp³-hybridized carbons (Fsp3) is 0.154. The predicted octanol–water partition coefficient (Wildman–Crippen LogP) is 2.57. The summed E-state index contributed by atoms with van der Waals surface area (Å²) in [6.45, 7) is 0.291. The molecule has 2 N–H and O–H groups in total. The van der Waals surface area contributed by atoms with Gasteiger partial charge in [-0.1, -0.05) is 11.6 Å². The lowest BCUT2D eigenvalue weighted by atomic mass is 10.3. The standard InChI is InChI=1S/C13H12ClN3O4/c14-11-6-9(17(19)20)3-4-12(11)15-8-13(18)16-7-10-2-1-5-21-10/h1-6,15H,7-8H2,(H,16,18). The Bertz CT molecular complexity index is 643. The third-order valence-electron chi connectivity index (χ3n) is 2.64. The lowest BCUT2D eigenvalue weighted by Crippen LogP contribution is -2.29. The monoisotopic (exact) mass is 309 g/mol. The zero-order valence-corrected chi connectivity index (χ0v) is 11.6. The summed E-state index contributed by atoms with van der Waals surface area (Å²) in [5.74, 6) is 0.400. The Hall–Kier alpha value is -2.54. The number of carbonyl (C=O) groups is 1. The summed E-state index contributed by atoms with van der Waals surface area (Å²) in [5, 5.41) is 16.2. The number of amides is 1. The summed E-state index contributed by atoms with van der Waals surface area (Å²) in [4.78, 5) is 21.7. The topological polar surface area (TPSA) is 97.4 Å². The quantitative estimate of drug-likeness (QED) is 0.631. The number of hydrogen-bond acceptors (Lipinski definition) is 5. The van der Waals surface area contributed by atoms with E-state index in [1.165, 1.54) is 24.5 Å². The minimum Gasteiger partial charge on any atom is -0.467 e. The number of halogens is 1. The van der Waals surface area contributed by atoms with Crippen LogP contribution < -0.4 is 10.6 Å².